The molecule has 0 bridgehead atoms. The molecule has 0 spiro atoms. The number of carbonyl (C=O) groups is 2. The van der Waals surface area contributed by atoms with Crippen molar-refractivity contribution in [3.63, 3.8) is 0 Å². The van der Waals surface area contributed by atoms with Gasteiger partial charge in [-0.1, -0.05) is 127 Å². The summed E-state index contributed by atoms with van der Waals surface area (Å²) in [5.41, 5.74) is 0. The normalized spacial score (nSPS) is 12.5. The molecule has 0 radical (unpaired) electrons. The minimum atomic E-state index is -0.775. The van der Waals surface area contributed by atoms with Gasteiger partial charge in [-0.2, -0.15) is 0 Å². The summed E-state index contributed by atoms with van der Waals surface area (Å²) in [5.74, 6) is -0.613. The van der Waals surface area contributed by atoms with Crippen LogP contribution in [-0.2, 0) is 19.1 Å². The van der Waals surface area contributed by atoms with Gasteiger partial charge in [-0.15, -0.1) is 0 Å². The van der Waals surface area contributed by atoms with Crippen LogP contribution in [0.15, 0.2) is 36.5 Å². The number of esters is 2. The second-order valence-corrected chi connectivity index (χ2v) is 11.6. The summed E-state index contributed by atoms with van der Waals surface area (Å²) in [7, 11) is 0. The highest BCUT2D eigenvalue weighted by Crippen LogP contribution is 2.12. The van der Waals surface area contributed by atoms with Crippen molar-refractivity contribution in [3.8, 4) is 0 Å². The highest BCUT2D eigenvalue weighted by atomic mass is 16.6. The van der Waals surface area contributed by atoms with Crippen molar-refractivity contribution in [2.45, 2.75) is 174 Å². The maximum atomic E-state index is 12.1. The maximum Gasteiger partial charge on any atom is 0.306 e. The number of unbranched alkanes of at least 4 members (excludes halogenated alkanes) is 17. The molecule has 0 fully saturated rings. The summed E-state index contributed by atoms with van der Waals surface area (Å²) < 4.78 is 10.5. The van der Waals surface area contributed by atoms with E-state index in [4.69, 9.17) is 9.47 Å². The van der Waals surface area contributed by atoms with Crippen molar-refractivity contribution in [1.82, 2.24) is 0 Å². The Morgan fingerprint density at radius 3 is 1.50 bits per heavy atom. The third-order valence-electron chi connectivity index (χ3n) is 7.41. The number of ether oxygens (including phenoxy) is 2. The Morgan fingerprint density at radius 1 is 0.548 bits per heavy atom. The summed E-state index contributed by atoms with van der Waals surface area (Å²) in [6.07, 6.45) is 39.1. The topological polar surface area (TPSA) is 72.8 Å². The van der Waals surface area contributed by atoms with E-state index < -0.39 is 6.10 Å². The van der Waals surface area contributed by atoms with Crippen LogP contribution in [0.2, 0.25) is 0 Å². The monoisotopic (exact) mass is 590 g/mol. The zero-order valence-corrected chi connectivity index (χ0v) is 27.5. The molecule has 1 unspecified atom stereocenters. The number of hydrogen-bond donors (Lipinski definition) is 1. The third kappa shape index (κ3) is 31.1. The quantitative estimate of drug-likeness (QED) is 0.0494. The molecule has 42 heavy (non-hydrogen) atoms. The first kappa shape index (κ1) is 40.1. The van der Waals surface area contributed by atoms with Crippen LogP contribution in [-0.4, -0.2) is 36.4 Å². The lowest BCUT2D eigenvalue weighted by Crippen LogP contribution is -2.28. The van der Waals surface area contributed by atoms with E-state index >= 15 is 0 Å². The second kappa shape index (κ2) is 33.6. The van der Waals surface area contributed by atoms with E-state index in [1.807, 2.05) is 0 Å². The molecule has 0 aliphatic heterocycles. The van der Waals surface area contributed by atoms with Crippen molar-refractivity contribution in [1.29, 1.82) is 0 Å². The van der Waals surface area contributed by atoms with Gasteiger partial charge >= 0.3 is 11.9 Å². The lowest BCUT2D eigenvalue weighted by molar-refractivity contribution is -0.161. The molecule has 0 aliphatic rings. The molecule has 0 rings (SSSR count). The number of rotatable bonds is 31. The largest absolute Gasteiger partial charge is 0.462 e. The van der Waals surface area contributed by atoms with E-state index in [-0.39, 0.29) is 25.2 Å². The number of aliphatic hydroxyl groups excluding tert-OH is 1. The van der Waals surface area contributed by atoms with Crippen LogP contribution < -0.4 is 0 Å². The van der Waals surface area contributed by atoms with Crippen molar-refractivity contribution < 1.29 is 24.2 Å². The molecule has 1 N–H and O–H groups in total. The van der Waals surface area contributed by atoms with Gasteiger partial charge in [0.15, 0.2) is 6.10 Å². The number of hydrogen-bond acceptors (Lipinski definition) is 5. The predicted molar refractivity (Wildman–Crippen MR) is 178 cm³/mol. The van der Waals surface area contributed by atoms with E-state index in [1.165, 1.54) is 83.5 Å². The molecular weight excluding hydrogens is 524 g/mol. The Kier molecular flexibility index (Phi) is 32.1. The average molecular weight is 591 g/mol. The van der Waals surface area contributed by atoms with Gasteiger partial charge in [0, 0.05) is 12.8 Å². The van der Waals surface area contributed by atoms with Gasteiger partial charge in [0.05, 0.1) is 6.61 Å². The molecule has 5 nitrogen and oxygen atoms in total. The zero-order valence-electron chi connectivity index (χ0n) is 27.5. The standard InChI is InChI=1S/C37H66O5/c1-3-5-7-9-11-13-15-16-17-18-19-20-22-24-26-28-30-32-37(40)42-35(33-38)34-41-36(39)31-29-27-25-23-21-14-12-10-8-6-4-2/h10-13,16-17,35,38H,3-9,14-15,18-34H2,1-2H3. The number of aliphatic hydroxyl groups is 1. The molecule has 244 valence electrons. The first-order valence-electron chi connectivity index (χ1n) is 17.5. The molecule has 0 amide bonds. The molecule has 0 heterocycles. The van der Waals surface area contributed by atoms with Gasteiger partial charge in [-0.05, 0) is 64.2 Å². The van der Waals surface area contributed by atoms with Crippen LogP contribution in [0.3, 0.4) is 0 Å². The smallest absolute Gasteiger partial charge is 0.306 e. The van der Waals surface area contributed by atoms with Crippen molar-refractivity contribution in [2.24, 2.45) is 0 Å². The van der Waals surface area contributed by atoms with Crippen molar-refractivity contribution in [3.05, 3.63) is 36.5 Å². The van der Waals surface area contributed by atoms with Crippen LogP contribution in [0.4, 0.5) is 0 Å². The Labute approximate surface area is 259 Å². The zero-order chi connectivity index (χ0) is 30.8. The average Bonchev–Trinajstić information content (AvgIpc) is 2.99. The van der Waals surface area contributed by atoms with Crippen molar-refractivity contribution >= 4 is 11.9 Å². The fraction of sp³-hybridized carbons (Fsp3) is 0.784. The van der Waals surface area contributed by atoms with Crippen molar-refractivity contribution in [2.75, 3.05) is 13.2 Å². The first-order chi connectivity index (χ1) is 20.6. The number of carbonyl (C=O) groups excluding carboxylic acids is 2. The highest BCUT2D eigenvalue weighted by Gasteiger charge is 2.16. The number of allylic oxidation sites excluding steroid dienone is 6. The maximum absolute atomic E-state index is 12.1. The third-order valence-corrected chi connectivity index (χ3v) is 7.41. The van der Waals surface area contributed by atoms with E-state index in [0.29, 0.717) is 12.8 Å². The molecular formula is C37H66O5. The lowest BCUT2D eigenvalue weighted by atomic mass is 10.1. The van der Waals surface area contributed by atoms with Crippen LogP contribution in [0.25, 0.3) is 0 Å². The summed E-state index contributed by atoms with van der Waals surface area (Å²) in [4.78, 5) is 24.1. The van der Waals surface area contributed by atoms with E-state index in [1.54, 1.807) is 0 Å². The van der Waals surface area contributed by atoms with Gasteiger partial charge in [-0.25, -0.2) is 0 Å². The van der Waals surface area contributed by atoms with Gasteiger partial charge < -0.3 is 14.6 Å². The van der Waals surface area contributed by atoms with Gasteiger partial charge in [0.2, 0.25) is 0 Å². The highest BCUT2D eigenvalue weighted by molar-refractivity contribution is 5.70. The van der Waals surface area contributed by atoms with Crippen LogP contribution in [0, 0.1) is 0 Å². The molecule has 5 heteroatoms. The summed E-state index contributed by atoms with van der Waals surface area (Å²) in [6.45, 7) is 4.04. The molecule has 0 saturated heterocycles. The summed E-state index contributed by atoms with van der Waals surface area (Å²) >= 11 is 0. The predicted octanol–water partition coefficient (Wildman–Crippen LogP) is 10.5. The molecule has 0 aromatic carbocycles. The Bertz CT molecular complexity index is 682. The molecule has 0 saturated carbocycles. The summed E-state index contributed by atoms with van der Waals surface area (Å²) in [6, 6.07) is 0. The lowest BCUT2D eigenvalue weighted by Gasteiger charge is -2.15. The first-order valence-corrected chi connectivity index (χ1v) is 17.5. The van der Waals surface area contributed by atoms with Gasteiger partial charge in [-0.3, -0.25) is 9.59 Å². The Balaban J connectivity index is 3.60. The summed E-state index contributed by atoms with van der Waals surface area (Å²) in [5, 5.41) is 9.50. The van der Waals surface area contributed by atoms with Crippen LogP contribution in [0.5, 0.6) is 0 Å². The molecule has 0 aromatic heterocycles. The second-order valence-electron chi connectivity index (χ2n) is 11.6. The Morgan fingerprint density at radius 2 is 0.976 bits per heavy atom. The van der Waals surface area contributed by atoms with Gasteiger partial charge in [0.25, 0.3) is 0 Å². The van der Waals surface area contributed by atoms with E-state index in [2.05, 4.69) is 50.3 Å². The van der Waals surface area contributed by atoms with Crippen LogP contribution in [0.1, 0.15) is 168 Å². The molecule has 1 atom stereocenters. The fourth-order valence-electron chi connectivity index (χ4n) is 4.68. The van der Waals surface area contributed by atoms with Gasteiger partial charge in [0.1, 0.15) is 6.61 Å². The Hall–Kier alpha value is -1.88. The fourth-order valence-corrected chi connectivity index (χ4v) is 4.68. The van der Waals surface area contributed by atoms with Crippen LogP contribution >= 0.6 is 0 Å². The minimum absolute atomic E-state index is 0.0730. The molecule has 0 aliphatic carbocycles. The minimum Gasteiger partial charge on any atom is -0.462 e. The van der Waals surface area contributed by atoms with E-state index in [9.17, 15) is 14.7 Å². The SMILES string of the molecule is CCCCC=CCCCCCCCC(=O)OCC(CO)OC(=O)CCCCCCCCCC=CCC=CCCCCC. The molecule has 0 aromatic rings. The van der Waals surface area contributed by atoms with E-state index in [0.717, 1.165) is 57.8 Å².